The van der Waals surface area contributed by atoms with Crippen LogP contribution in [0.5, 0.6) is 0 Å². The van der Waals surface area contributed by atoms with Crippen LogP contribution in [0.1, 0.15) is 0 Å². The zero-order valence-electron chi connectivity index (χ0n) is 16.0. The second-order valence-corrected chi connectivity index (χ2v) is 6.88. The van der Waals surface area contributed by atoms with Gasteiger partial charge in [0.15, 0.2) is 5.65 Å². The lowest BCUT2D eigenvalue weighted by Gasteiger charge is -2.36. The largest absolute Gasteiger partial charge is 0.471 e. The number of hydrogen-bond acceptors (Lipinski definition) is 7. The summed E-state index contributed by atoms with van der Waals surface area (Å²) in [5.74, 6) is -1.62. The summed E-state index contributed by atoms with van der Waals surface area (Å²) >= 11 is 0. The van der Waals surface area contributed by atoms with Crippen LogP contribution in [0.4, 0.5) is 30.4 Å². The Labute approximate surface area is 173 Å². The fraction of sp³-hybridized carbons (Fsp3) is 0.263. The Kier molecular flexibility index (Phi) is 5.13. The maximum atomic E-state index is 12.6. The van der Waals surface area contributed by atoms with Gasteiger partial charge >= 0.3 is 17.8 Å². The number of carbonyl (C=O) groups excluding carboxylic acids is 1. The van der Waals surface area contributed by atoms with E-state index in [1.165, 1.54) is 6.20 Å². The molecule has 0 unspecified atom stereocenters. The third-order valence-corrected chi connectivity index (χ3v) is 4.91. The number of carbonyl (C=O) groups is 1. The maximum absolute atomic E-state index is 12.6. The fourth-order valence-corrected chi connectivity index (χ4v) is 3.40. The van der Waals surface area contributed by atoms with Crippen molar-refractivity contribution in [1.29, 1.82) is 0 Å². The van der Waals surface area contributed by atoms with Crippen molar-refractivity contribution in [2.75, 3.05) is 36.4 Å². The van der Waals surface area contributed by atoms with E-state index in [4.69, 9.17) is 0 Å². The molecule has 4 rings (SSSR count). The summed E-state index contributed by atoms with van der Waals surface area (Å²) in [7, 11) is 0. The lowest BCUT2D eigenvalue weighted by Crippen LogP contribution is -2.52. The van der Waals surface area contributed by atoms with E-state index in [-0.39, 0.29) is 37.6 Å². The molecule has 1 aromatic carbocycles. The number of anilines is 3. The van der Waals surface area contributed by atoms with Crippen LogP contribution in [-0.2, 0) is 4.79 Å². The molecule has 2 aromatic heterocycles. The van der Waals surface area contributed by atoms with Gasteiger partial charge in [-0.05, 0) is 30.3 Å². The molecule has 0 saturated carbocycles. The van der Waals surface area contributed by atoms with Crippen molar-refractivity contribution in [2.45, 2.75) is 6.18 Å². The molecule has 3 aromatic rings. The number of alkyl halides is 3. The first-order valence-electron chi connectivity index (χ1n) is 9.29. The van der Waals surface area contributed by atoms with E-state index >= 15 is 0 Å². The van der Waals surface area contributed by atoms with E-state index in [0.717, 1.165) is 10.6 Å². The minimum atomic E-state index is -4.88. The van der Waals surface area contributed by atoms with Gasteiger partial charge in [0.25, 0.3) is 0 Å². The molecule has 1 amide bonds. The minimum Gasteiger partial charge on any atom is -0.422 e. The molecule has 31 heavy (non-hydrogen) atoms. The highest BCUT2D eigenvalue weighted by Crippen LogP contribution is 2.26. The van der Waals surface area contributed by atoms with Gasteiger partial charge in [0.1, 0.15) is 5.82 Å². The Bertz CT molecular complexity index is 1190. The topological polar surface area (TPSA) is 104 Å². The molecule has 1 aliphatic rings. The van der Waals surface area contributed by atoms with Crippen molar-refractivity contribution in [3.63, 3.8) is 0 Å². The average molecular weight is 434 g/mol. The van der Waals surface area contributed by atoms with E-state index in [2.05, 4.69) is 15.3 Å². The zero-order valence-corrected chi connectivity index (χ0v) is 16.0. The molecule has 0 radical (unpaired) electrons. The number of halogens is 3. The normalized spacial score (nSPS) is 14.7. The van der Waals surface area contributed by atoms with Gasteiger partial charge in [0, 0.05) is 43.8 Å². The molecular weight excluding hydrogens is 417 g/mol. The van der Waals surface area contributed by atoms with Gasteiger partial charge in [-0.25, -0.2) is 9.78 Å². The molecule has 0 bridgehead atoms. The number of hydrogen-bond donors (Lipinski definition) is 2. The predicted octanol–water partition coefficient (Wildman–Crippen LogP) is 1.98. The summed E-state index contributed by atoms with van der Waals surface area (Å²) in [5.41, 5.74) is 0.475. The lowest BCUT2D eigenvalue weighted by molar-refractivity contribution is -0.185. The summed E-state index contributed by atoms with van der Waals surface area (Å²) in [6.07, 6.45) is -3.44. The number of benzene rings is 1. The van der Waals surface area contributed by atoms with Crippen molar-refractivity contribution >= 4 is 34.1 Å². The van der Waals surface area contributed by atoms with Crippen LogP contribution in [0.25, 0.3) is 11.0 Å². The number of rotatable bonds is 3. The first-order valence-corrected chi connectivity index (χ1v) is 9.29. The number of piperazine rings is 1. The van der Waals surface area contributed by atoms with Crippen molar-refractivity contribution < 1.29 is 23.2 Å². The van der Waals surface area contributed by atoms with E-state index in [1.807, 2.05) is 4.90 Å². The van der Waals surface area contributed by atoms with Crippen LogP contribution in [0.2, 0.25) is 0 Å². The zero-order chi connectivity index (χ0) is 22.2. The summed E-state index contributed by atoms with van der Waals surface area (Å²) in [4.78, 5) is 33.8. The lowest BCUT2D eigenvalue weighted by atomic mass is 10.2. The van der Waals surface area contributed by atoms with E-state index in [0.29, 0.717) is 15.8 Å². The van der Waals surface area contributed by atoms with Gasteiger partial charge in [-0.2, -0.15) is 18.2 Å². The van der Waals surface area contributed by atoms with Crippen LogP contribution < -0.4 is 15.9 Å². The second kappa shape index (κ2) is 7.78. The van der Waals surface area contributed by atoms with E-state index < -0.39 is 17.8 Å². The Morgan fingerprint density at radius 1 is 1.10 bits per heavy atom. The monoisotopic (exact) mass is 434 g/mol. The van der Waals surface area contributed by atoms with Gasteiger partial charge in [-0.15, -0.1) is 4.73 Å². The summed E-state index contributed by atoms with van der Waals surface area (Å²) < 4.78 is 38.2. The summed E-state index contributed by atoms with van der Waals surface area (Å²) in [6, 6.07) is 10.3. The number of fused-ring (bicyclic) bond motifs is 1. The van der Waals surface area contributed by atoms with Gasteiger partial charge in [-0.1, -0.05) is 6.07 Å². The molecule has 3 heterocycles. The number of nitrogens with zero attached hydrogens (tertiary/aromatic N) is 5. The maximum Gasteiger partial charge on any atom is 0.471 e. The van der Waals surface area contributed by atoms with Gasteiger partial charge in [0.05, 0.1) is 5.39 Å². The second-order valence-electron chi connectivity index (χ2n) is 6.88. The molecule has 1 saturated heterocycles. The van der Waals surface area contributed by atoms with Crippen LogP contribution >= 0.6 is 0 Å². The molecule has 9 nitrogen and oxygen atoms in total. The Morgan fingerprint density at radius 2 is 1.84 bits per heavy atom. The van der Waals surface area contributed by atoms with Crippen LogP contribution in [0.15, 0.2) is 47.4 Å². The first-order chi connectivity index (χ1) is 14.7. The van der Waals surface area contributed by atoms with Gasteiger partial charge in [0.2, 0.25) is 0 Å². The SMILES string of the molecule is O=C(N1CCN(c2cccc(Nc3nc(=O)n(O)c4ncccc34)c2)CC1)C(F)(F)F. The molecule has 0 atom stereocenters. The Balaban J connectivity index is 1.53. The van der Waals surface area contributed by atoms with Crippen molar-refractivity contribution in [2.24, 2.45) is 0 Å². The number of aromatic nitrogens is 3. The highest BCUT2D eigenvalue weighted by molar-refractivity contribution is 5.88. The third kappa shape index (κ3) is 4.09. The molecule has 0 spiro atoms. The third-order valence-electron chi connectivity index (χ3n) is 4.91. The van der Waals surface area contributed by atoms with Crippen LogP contribution in [0.3, 0.4) is 0 Å². The summed E-state index contributed by atoms with van der Waals surface area (Å²) in [6.45, 7) is 0.416. The van der Waals surface area contributed by atoms with Crippen molar-refractivity contribution in [3.8, 4) is 0 Å². The first kappa shape index (κ1) is 20.4. The number of nitrogens with one attached hydrogen (secondary N) is 1. The molecule has 0 aliphatic carbocycles. The van der Waals surface area contributed by atoms with Crippen LogP contribution in [0, 0.1) is 0 Å². The van der Waals surface area contributed by atoms with E-state index in [1.54, 1.807) is 36.4 Å². The number of amides is 1. The molecule has 1 aliphatic heterocycles. The molecule has 12 heteroatoms. The fourth-order valence-electron chi connectivity index (χ4n) is 3.40. The van der Waals surface area contributed by atoms with Crippen molar-refractivity contribution in [3.05, 3.63) is 53.1 Å². The Hall–Kier alpha value is -3.83. The molecular formula is C19H17F3N6O3. The molecule has 162 valence electrons. The molecule has 2 N–H and O–H groups in total. The molecule has 1 fully saturated rings. The van der Waals surface area contributed by atoms with Crippen molar-refractivity contribution in [1.82, 2.24) is 19.6 Å². The Morgan fingerprint density at radius 3 is 2.55 bits per heavy atom. The number of pyridine rings is 1. The van der Waals surface area contributed by atoms with Gasteiger partial charge < -0.3 is 20.3 Å². The summed E-state index contributed by atoms with van der Waals surface area (Å²) in [5, 5.41) is 13.3. The quantitative estimate of drug-likeness (QED) is 0.608. The highest BCUT2D eigenvalue weighted by Gasteiger charge is 2.43. The average Bonchev–Trinajstić information content (AvgIpc) is 2.76. The standard InChI is InChI=1S/C19H17F3N6O3/c20-19(21,22)17(29)27-9-7-26(8-10-27)13-4-1-3-12(11-13)24-15-14-5-2-6-23-16(14)28(31)18(30)25-15/h1-6,11,31H,7-10H2,(H,24,25,30). The highest BCUT2D eigenvalue weighted by atomic mass is 19.4. The predicted molar refractivity (Wildman–Crippen MR) is 106 cm³/mol. The van der Waals surface area contributed by atoms with Crippen LogP contribution in [-0.4, -0.2) is 63.1 Å². The van der Waals surface area contributed by atoms with Gasteiger partial charge in [-0.3, -0.25) is 4.79 Å². The van der Waals surface area contributed by atoms with E-state index in [9.17, 15) is 28.0 Å². The minimum absolute atomic E-state index is 0.0391. The smallest absolute Gasteiger partial charge is 0.422 e.